The van der Waals surface area contributed by atoms with Gasteiger partial charge >= 0.3 is 6.18 Å². The molecule has 0 saturated carbocycles. The fraction of sp³-hybridized carbons (Fsp3) is 0.440. The molecule has 12 heteroatoms. The van der Waals surface area contributed by atoms with Crippen molar-refractivity contribution in [1.82, 2.24) is 10.2 Å². The molecule has 1 N–H and O–H groups in total. The van der Waals surface area contributed by atoms with E-state index >= 15 is 0 Å². The van der Waals surface area contributed by atoms with Crippen molar-refractivity contribution in [2.75, 3.05) is 17.1 Å². The third-order valence-corrected chi connectivity index (χ3v) is 7.11. The molecule has 0 radical (unpaired) electrons. The molecule has 2 aromatic rings. The number of amides is 2. The van der Waals surface area contributed by atoms with Crippen molar-refractivity contribution < 1.29 is 31.2 Å². The molecule has 2 amide bonds. The zero-order valence-corrected chi connectivity index (χ0v) is 22.8. The van der Waals surface area contributed by atoms with Gasteiger partial charge in [0.05, 0.1) is 22.5 Å². The maximum Gasteiger partial charge on any atom is 0.417 e. The number of hydrogen-bond donors (Lipinski definition) is 1. The minimum Gasteiger partial charge on any atom is -0.352 e. The molecular formula is C25H31ClF3N3O4S. The predicted molar refractivity (Wildman–Crippen MR) is 138 cm³/mol. The monoisotopic (exact) mass is 561 g/mol. The molecule has 2 rings (SSSR count). The SMILES string of the molecule is CC[C@H](C(=O)NC(C)C)N(Cc1ccccc1C)C(=O)CN(c1ccc(Cl)c(C(F)(F)F)c1)S(C)(=O)=O. The summed E-state index contributed by atoms with van der Waals surface area (Å²) in [5.74, 6) is -1.17. The minimum atomic E-state index is -4.83. The van der Waals surface area contributed by atoms with Gasteiger partial charge < -0.3 is 10.2 Å². The van der Waals surface area contributed by atoms with Gasteiger partial charge in [-0.1, -0.05) is 42.8 Å². The Morgan fingerprint density at radius 3 is 2.24 bits per heavy atom. The number of halogens is 4. The van der Waals surface area contributed by atoms with Crippen LogP contribution >= 0.6 is 11.6 Å². The van der Waals surface area contributed by atoms with Gasteiger partial charge in [-0.05, 0) is 56.5 Å². The van der Waals surface area contributed by atoms with E-state index < -0.39 is 51.2 Å². The molecule has 0 aromatic heterocycles. The zero-order chi connectivity index (χ0) is 28.1. The summed E-state index contributed by atoms with van der Waals surface area (Å²) in [6, 6.07) is 8.68. The van der Waals surface area contributed by atoms with Crippen LogP contribution in [0.4, 0.5) is 18.9 Å². The molecular weight excluding hydrogens is 531 g/mol. The van der Waals surface area contributed by atoms with Crippen LogP contribution in [0.3, 0.4) is 0 Å². The highest BCUT2D eigenvalue weighted by atomic mass is 35.5. The van der Waals surface area contributed by atoms with Crippen molar-refractivity contribution in [3.05, 3.63) is 64.2 Å². The van der Waals surface area contributed by atoms with Gasteiger partial charge in [-0.2, -0.15) is 13.2 Å². The molecule has 7 nitrogen and oxygen atoms in total. The van der Waals surface area contributed by atoms with Crippen molar-refractivity contribution >= 4 is 39.1 Å². The van der Waals surface area contributed by atoms with E-state index in [9.17, 15) is 31.2 Å². The van der Waals surface area contributed by atoms with Crippen LogP contribution < -0.4 is 9.62 Å². The van der Waals surface area contributed by atoms with E-state index in [0.717, 1.165) is 29.5 Å². The Bertz CT molecular complexity index is 1240. The quantitative estimate of drug-likeness (QED) is 0.453. The van der Waals surface area contributed by atoms with Crippen molar-refractivity contribution in [3.8, 4) is 0 Å². The molecule has 0 heterocycles. The van der Waals surface area contributed by atoms with E-state index in [0.29, 0.717) is 10.4 Å². The van der Waals surface area contributed by atoms with Gasteiger partial charge in [-0.3, -0.25) is 13.9 Å². The van der Waals surface area contributed by atoms with Gasteiger partial charge in [0.2, 0.25) is 21.8 Å². The van der Waals surface area contributed by atoms with Gasteiger partial charge in [-0.15, -0.1) is 0 Å². The lowest BCUT2D eigenvalue weighted by atomic mass is 10.1. The first kappa shape index (κ1) is 30.4. The second kappa shape index (κ2) is 12.2. The number of anilines is 1. The molecule has 1 atom stereocenters. The first-order chi connectivity index (χ1) is 17.1. The summed E-state index contributed by atoms with van der Waals surface area (Å²) in [7, 11) is -4.20. The van der Waals surface area contributed by atoms with Crippen LogP contribution in [-0.2, 0) is 32.3 Å². The summed E-state index contributed by atoms with van der Waals surface area (Å²) in [4.78, 5) is 27.9. The van der Waals surface area contributed by atoms with Crippen LogP contribution in [-0.4, -0.2) is 50.0 Å². The Hall–Kier alpha value is -2.79. The van der Waals surface area contributed by atoms with Gasteiger partial charge in [-0.25, -0.2) is 8.42 Å². The summed E-state index contributed by atoms with van der Waals surface area (Å²) in [6.07, 6.45) is -3.82. The Kier molecular flexibility index (Phi) is 10.0. The molecule has 0 saturated heterocycles. The Morgan fingerprint density at radius 1 is 1.11 bits per heavy atom. The summed E-state index contributed by atoms with van der Waals surface area (Å²) in [5, 5.41) is 2.17. The molecule has 0 bridgehead atoms. The number of rotatable bonds is 10. The Morgan fingerprint density at radius 2 is 1.73 bits per heavy atom. The number of sulfonamides is 1. The Labute approximate surface area is 220 Å². The van der Waals surface area contributed by atoms with E-state index in [1.54, 1.807) is 32.9 Å². The number of carbonyl (C=O) groups is 2. The topological polar surface area (TPSA) is 86.8 Å². The van der Waals surface area contributed by atoms with Crippen LogP contribution in [0.25, 0.3) is 0 Å². The van der Waals surface area contributed by atoms with Crippen LogP contribution in [0.1, 0.15) is 43.9 Å². The van der Waals surface area contributed by atoms with E-state index in [1.807, 2.05) is 19.1 Å². The normalized spacial score (nSPS) is 12.8. The largest absolute Gasteiger partial charge is 0.417 e. The summed E-state index contributed by atoms with van der Waals surface area (Å²) in [5.41, 5.74) is -0.00862. The van der Waals surface area contributed by atoms with Crippen LogP contribution in [0, 0.1) is 6.92 Å². The second-order valence-corrected chi connectivity index (χ2v) is 11.3. The highest BCUT2D eigenvalue weighted by molar-refractivity contribution is 7.92. The number of carbonyl (C=O) groups excluding carboxylic acids is 2. The van der Waals surface area contributed by atoms with E-state index in [2.05, 4.69) is 5.32 Å². The predicted octanol–water partition coefficient (Wildman–Crippen LogP) is 4.77. The van der Waals surface area contributed by atoms with Gasteiger partial charge in [0.25, 0.3) is 0 Å². The first-order valence-corrected chi connectivity index (χ1v) is 13.8. The molecule has 0 spiro atoms. The van der Waals surface area contributed by atoms with E-state index in [1.165, 1.54) is 4.90 Å². The summed E-state index contributed by atoms with van der Waals surface area (Å²) < 4.78 is 66.1. The van der Waals surface area contributed by atoms with E-state index in [4.69, 9.17) is 11.6 Å². The van der Waals surface area contributed by atoms with Crippen LogP contribution in [0.2, 0.25) is 5.02 Å². The average molecular weight is 562 g/mol. The molecule has 0 aliphatic rings. The fourth-order valence-corrected chi connectivity index (χ4v) is 4.84. The lowest BCUT2D eigenvalue weighted by Crippen LogP contribution is -2.53. The zero-order valence-electron chi connectivity index (χ0n) is 21.3. The number of hydrogen-bond acceptors (Lipinski definition) is 4. The van der Waals surface area contributed by atoms with Crippen LogP contribution in [0.5, 0.6) is 0 Å². The number of alkyl halides is 3. The lowest BCUT2D eigenvalue weighted by Gasteiger charge is -2.33. The first-order valence-electron chi connectivity index (χ1n) is 11.5. The molecule has 37 heavy (non-hydrogen) atoms. The standard InChI is InChI=1S/C25H31ClF3N3O4S/c1-6-22(24(34)30-16(2)3)31(14-18-10-8-7-9-17(18)4)23(33)15-32(37(5,35)36)19-11-12-21(26)20(13-19)25(27,28)29/h7-13,16,22H,6,14-15H2,1-5H3,(H,30,34)/t22-/m1/s1. The fourth-order valence-electron chi connectivity index (χ4n) is 3.77. The summed E-state index contributed by atoms with van der Waals surface area (Å²) in [6.45, 7) is 6.27. The summed E-state index contributed by atoms with van der Waals surface area (Å²) >= 11 is 5.69. The molecule has 204 valence electrons. The number of nitrogens with zero attached hydrogens (tertiary/aromatic N) is 2. The molecule has 0 aliphatic carbocycles. The average Bonchev–Trinajstić information content (AvgIpc) is 2.77. The number of nitrogens with one attached hydrogen (secondary N) is 1. The number of benzene rings is 2. The molecule has 0 aliphatic heterocycles. The van der Waals surface area contributed by atoms with Gasteiger partial charge in [0.1, 0.15) is 12.6 Å². The second-order valence-electron chi connectivity index (χ2n) is 8.97. The highest BCUT2D eigenvalue weighted by Gasteiger charge is 2.36. The van der Waals surface area contributed by atoms with E-state index in [-0.39, 0.29) is 24.7 Å². The van der Waals surface area contributed by atoms with Gasteiger partial charge in [0.15, 0.2) is 0 Å². The third-order valence-electron chi connectivity index (χ3n) is 5.64. The van der Waals surface area contributed by atoms with Crippen molar-refractivity contribution in [2.24, 2.45) is 0 Å². The third kappa shape index (κ3) is 8.10. The lowest BCUT2D eigenvalue weighted by molar-refractivity contribution is -0.140. The van der Waals surface area contributed by atoms with Crippen molar-refractivity contribution in [2.45, 2.75) is 58.9 Å². The maximum atomic E-state index is 13.6. The molecule has 0 unspecified atom stereocenters. The highest BCUT2D eigenvalue weighted by Crippen LogP contribution is 2.37. The van der Waals surface area contributed by atoms with Gasteiger partial charge in [0, 0.05) is 12.6 Å². The number of aryl methyl sites for hydroxylation is 1. The molecule has 2 aromatic carbocycles. The smallest absolute Gasteiger partial charge is 0.352 e. The van der Waals surface area contributed by atoms with Crippen LogP contribution in [0.15, 0.2) is 42.5 Å². The minimum absolute atomic E-state index is 0.00154. The van der Waals surface area contributed by atoms with Crippen molar-refractivity contribution in [1.29, 1.82) is 0 Å². The Balaban J connectivity index is 2.54. The molecule has 0 fully saturated rings. The van der Waals surface area contributed by atoms with Crippen molar-refractivity contribution in [3.63, 3.8) is 0 Å². The maximum absolute atomic E-state index is 13.6.